The fraction of sp³-hybridized carbons (Fsp3) is 0.533. The van der Waals surface area contributed by atoms with E-state index in [0.29, 0.717) is 16.9 Å². The summed E-state index contributed by atoms with van der Waals surface area (Å²) in [5.41, 5.74) is 7.69. The molecule has 19 heavy (non-hydrogen) atoms. The topological polar surface area (TPSA) is 38.5 Å². The lowest BCUT2D eigenvalue weighted by molar-refractivity contribution is 0.198. The van der Waals surface area contributed by atoms with Crippen LogP contribution in [-0.2, 0) is 6.54 Å². The van der Waals surface area contributed by atoms with Crippen molar-refractivity contribution in [3.63, 3.8) is 0 Å². The molecule has 1 atom stereocenters. The first-order valence-electron chi connectivity index (χ1n) is 6.53. The van der Waals surface area contributed by atoms with Gasteiger partial charge < -0.3 is 10.5 Å². The Morgan fingerprint density at radius 1 is 1.37 bits per heavy atom. The quantitative estimate of drug-likeness (QED) is 0.813. The minimum absolute atomic E-state index is 0.420. The third-order valence-corrected chi connectivity index (χ3v) is 3.88. The van der Waals surface area contributed by atoms with E-state index >= 15 is 0 Å². The van der Waals surface area contributed by atoms with Crippen LogP contribution in [0.4, 0.5) is 0 Å². The van der Waals surface area contributed by atoms with Gasteiger partial charge in [0.05, 0.1) is 7.11 Å². The summed E-state index contributed by atoms with van der Waals surface area (Å²) in [7, 11) is 3.81. The molecular formula is C15H24N2OS. The van der Waals surface area contributed by atoms with Crippen LogP contribution in [0.15, 0.2) is 18.2 Å². The van der Waals surface area contributed by atoms with E-state index in [1.165, 1.54) is 0 Å². The molecule has 4 heteroatoms. The number of ether oxygens (including phenoxy) is 1. The summed E-state index contributed by atoms with van der Waals surface area (Å²) >= 11 is 5.03. The van der Waals surface area contributed by atoms with Crippen molar-refractivity contribution in [3.05, 3.63) is 29.3 Å². The number of rotatable bonds is 6. The van der Waals surface area contributed by atoms with Gasteiger partial charge in [0, 0.05) is 23.7 Å². The van der Waals surface area contributed by atoms with Crippen molar-refractivity contribution in [1.29, 1.82) is 0 Å². The smallest absolute Gasteiger partial charge is 0.123 e. The first-order chi connectivity index (χ1) is 8.86. The van der Waals surface area contributed by atoms with Crippen LogP contribution >= 0.6 is 12.2 Å². The minimum atomic E-state index is 0.420. The van der Waals surface area contributed by atoms with Gasteiger partial charge in [-0.15, -0.1) is 0 Å². The molecule has 0 bridgehead atoms. The maximum absolute atomic E-state index is 5.69. The molecule has 0 aromatic heterocycles. The fourth-order valence-electron chi connectivity index (χ4n) is 1.98. The van der Waals surface area contributed by atoms with Crippen LogP contribution in [0.1, 0.15) is 31.9 Å². The summed E-state index contributed by atoms with van der Waals surface area (Å²) in [4.78, 5) is 2.73. The van der Waals surface area contributed by atoms with Crippen molar-refractivity contribution < 1.29 is 4.74 Å². The molecule has 0 spiro atoms. The molecule has 1 rings (SSSR count). The van der Waals surface area contributed by atoms with Crippen LogP contribution in [0.3, 0.4) is 0 Å². The summed E-state index contributed by atoms with van der Waals surface area (Å²) in [5, 5.41) is 0. The normalized spacial score (nSPS) is 12.8. The Morgan fingerprint density at radius 2 is 2.00 bits per heavy atom. The zero-order chi connectivity index (χ0) is 14.6. The van der Waals surface area contributed by atoms with Crippen molar-refractivity contribution in [3.8, 4) is 5.75 Å². The number of thiocarbonyl (C=S) groups is 1. The van der Waals surface area contributed by atoms with Crippen LogP contribution in [0.5, 0.6) is 5.75 Å². The van der Waals surface area contributed by atoms with Crippen LogP contribution in [-0.4, -0.2) is 30.1 Å². The van der Waals surface area contributed by atoms with Gasteiger partial charge in [-0.05, 0) is 38.1 Å². The highest BCUT2D eigenvalue weighted by Gasteiger charge is 2.15. The molecule has 0 aliphatic carbocycles. The molecule has 0 radical (unpaired) electrons. The standard InChI is InChI=1S/C15H24N2OS/c1-10(2)11(3)17(4)9-13-8-12(15(16)19)6-7-14(13)18-5/h6-8,10-11H,9H2,1-5H3,(H2,16,19). The minimum Gasteiger partial charge on any atom is -0.496 e. The number of hydrogen-bond donors (Lipinski definition) is 1. The lowest BCUT2D eigenvalue weighted by Gasteiger charge is -2.28. The molecule has 0 aliphatic rings. The molecule has 3 nitrogen and oxygen atoms in total. The Morgan fingerprint density at radius 3 is 2.47 bits per heavy atom. The van der Waals surface area contributed by atoms with Gasteiger partial charge in [-0.3, -0.25) is 4.90 Å². The van der Waals surface area contributed by atoms with Crippen molar-refractivity contribution in [2.75, 3.05) is 14.2 Å². The molecule has 0 fully saturated rings. The second-order valence-electron chi connectivity index (χ2n) is 5.29. The monoisotopic (exact) mass is 280 g/mol. The van der Waals surface area contributed by atoms with E-state index in [2.05, 4.69) is 32.7 Å². The molecule has 0 saturated carbocycles. The van der Waals surface area contributed by atoms with Crippen molar-refractivity contribution in [1.82, 2.24) is 4.90 Å². The zero-order valence-corrected chi connectivity index (χ0v) is 13.3. The van der Waals surface area contributed by atoms with Gasteiger partial charge >= 0.3 is 0 Å². The van der Waals surface area contributed by atoms with Gasteiger partial charge in [-0.1, -0.05) is 26.1 Å². The highest BCUT2D eigenvalue weighted by atomic mass is 32.1. The van der Waals surface area contributed by atoms with E-state index in [0.717, 1.165) is 23.4 Å². The molecule has 0 aliphatic heterocycles. The molecule has 1 aromatic carbocycles. The van der Waals surface area contributed by atoms with E-state index in [-0.39, 0.29) is 0 Å². The molecule has 2 N–H and O–H groups in total. The Labute approximate surface area is 121 Å². The third kappa shape index (κ3) is 4.18. The number of nitrogens with zero attached hydrogens (tertiary/aromatic N) is 1. The zero-order valence-electron chi connectivity index (χ0n) is 12.4. The summed E-state index contributed by atoms with van der Waals surface area (Å²) < 4.78 is 5.41. The SMILES string of the molecule is COc1ccc(C(N)=S)cc1CN(C)C(C)C(C)C. The lowest BCUT2D eigenvalue weighted by atomic mass is 10.0. The average Bonchev–Trinajstić information content (AvgIpc) is 2.37. The first kappa shape index (κ1) is 15.9. The third-order valence-electron chi connectivity index (χ3n) is 3.64. The largest absolute Gasteiger partial charge is 0.496 e. The number of methoxy groups -OCH3 is 1. The van der Waals surface area contributed by atoms with Gasteiger partial charge in [0.2, 0.25) is 0 Å². The second-order valence-corrected chi connectivity index (χ2v) is 5.73. The van der Waals surface area contributed by atoms with Crippen molar-refractivity contribution >= 4 is 17.2 Å². The van der Waals surface area contributed by atoms with Gasteiger partial charge in [0.25, 0.3) is 0 Å². The Balaban J connectivity index is 2.97. The predicted molar refractivity (Wildman–Crippen MR) is 84.6 cm³/mol. The maximum atomic E-state index is 5.69. The van der Waals surface area contributed by atoms with E-state index in [1.54, 1.807) is 7.11 Å². The molecular weight excluding hydrogens is 256 g/mol. The van der Waals surface area contributed by atoms with Gasteiger partial charge in [0.15, 0.2) is 0 Å². The second kappa shape index (κ2) is 6.87. The molecule has 0 saturated heterocycles. The fourth-order valence-corrected chi connectivity index (χ4v) is 2.10. The van der Waals surface area contributed by atoms with E-state index in [9.17, 15) is 0 Å². The van der Waals surface area contributed by atoms with Crippen molar-refractivity contribution in [2.24, 2.45) is 11.7 Å². The van der Waals surface area contributed by atoms with Gasteiger partial charge in [-0.25, -0.2) is 0 Å². The number of benzene rings is 1. The van der Waals surface area contributed by atoms with Crippen LogP contribution < -0.4 is 10.5 Å². The molecule has 106 valence electrons. The van der Waals surface area contributed by atoms with Crippen molar-refractivity contribution in [2.45, 2.75) is 33.4 Å². The van der Waals surface area contributed by atoms with E-state index < -0.39 is 0 Å². The number of hydrogen-bond acceptors (Lipinski definition) is 3. The maximum Gasteiger partial charge on any atom is 0.123 e. The van der Waals surface area contributed by atoms with Crippen LogP contribution in [0, 0.1) is 5.92 Å². The average molecular weight is 280 g/mol. The molecule has 1 unspecified atom stereocenters. The van der Waals surface area contributed by atoms with Crippen LogP contribution in [0.25, 0.3) is 0 Å². The lowest BCUT2D eigenvalue weighted by Crippen LogP contribution is -2.32. The highest BCUT2D eigenvalue weighted by molar-refractivity contribution is 7.80. The van der Waals surface area contributed by atoms with E-state index in [1.807, 2.05) is 18.2 Å². The first-order valence-corrected chi connectivity index (χ1v) is 6.94. The Hall–Kier alpha value is -1.13. The van der Waals surface area contributed by atoms with E-state index in [4.69, 9.17) is 22.7 Å². The molecule has 0 heterocycles. The van der Waals surface area contributed by atoms with Gasteiger partial charge in [-0.2, -0.15) is 0 Å². The highest BCUT2D eigenvalue weighted by Crippen LogP contribution is 2.23. The summed E-state index contributed by atoms with van der Waals surface area (Å²) in [6.07, 6.45) is 0. The summed E-state index contributed by atoms with van der Waals surface area (Å²) in [5.74, 6) is 1.48. The Bertz CT molecular complexity index is 446. The molecule has 1 aromatic rings. The Kier molecular flexibility index (Phi) is 5.76. The molecule has 0 amide bonds. The number of nitrogens with two attached hydrogens (primary N) is 1. The van der Waals surface area contributed by atoms with Crippen LogP contribution in [0.2, 0.25) is 0 Å². The van der Waals surface area contributed by atoms with Gasteiger partial charge in [0.1, 0.15) is 10.7 Å². The summed E-state index contributed by atoms with van der Waals surface area (Å²) in [6.45, 7) is 7.50. The predicted octanol–water partition coefficient (Wildman–Crippen LogP) is 2.81. The summed E-state index contributed by atoms with van der Waals surface area (Å²) in [6, 6.07) is 6.34.